The van der Waals surface area contributed by atoms with E-state index >= 15 is 0 Å². The van der Waals surface area contributed by atoms with Gasteiger partial charge in [-0.1, -0.05) is 65.7 Å². The van der Waals surface area contributed by atoms with Gasteiger partial charge in [-0.25, -0.2) is 26.5 Å². The Morgan fingerprint density at radius 3 is 2.27 bits per heavy atom. The second-order valence-corrected chi connectivity index (χ2v) is 15.3. The Hall–Kier alpha value is -4.15. The van der Waals surface area contributed by atoms with Gasteiger partial charge >= 0.3 is 6.36 Å². The van der Waals surface area contributed by atoms with E-state index in [2.05, 4.69) is 19.4 Å². The molecule has 250 valence electrons. The average Bonchev–Trinajstić information content (AvgIpc) is 3.55. The van der Waals surface area contributed by atoms with Crippen LogP contribution in [0.25, 0.3) is 22.2 Å². The second-order valence-electron chi connectivity index (χ2n) is 10.9. The molecule has 0 radical (unpaired) electrons. The number of alkyl halides is 3. The van der Waals surface area contributed by atoms with Crippen LogP contribution in [-0.4, -0.2) is 39.1 Å². The highest BCUT2D eigenvalue weighted by atomic mass is 35.5. The molecule has 10 nitrogen and oxygen atoms in total. The molecule has 5 aromatic rings. The summed E-state index contributed by atoms with van der Waals surface area (Å²) in [7, 11) is -8.63. The number of amides is 1. The molecule has 17 heteroatoms. The number of rotatable bonds is 9. The number of carbonyl (C=O) groups excluding carboxylic acids is 1. The van der Waals surface area contributed by atoms with Crippen molar-refractivity contribution in [3.05, 3.63) is 112 Å². The summed E-state index contributed by atoms with van der Waals surface area (Å²) in [6.07, 6.45) is -5.53. The van der Waals surface area contributed by atoms with Crippen molar-refractivity contribution in [2.75, 3.05) is 0 Å². The van der Waals surface area contributed by atoms with Crippen LogP contribution in [-0.2, 0) is 31.3 Å². The molecule has 6 rings (SSSR count). The van der Waals surface area contributed by atoms with Gasteiger partial charge in [0.05, 0.1) is 23.5 Å². The van der Waals surface area contributed by atoms with Gasteiger partial charge in [0.2, 0.25) is 26.0 Å². The summed E-state index contributed by atoms with van der Waals surface area (Å²) in [5, 5.41) is -0.654. The highest BCUT2D eigenvalue weighted by Gasteiger charge is 2.38. The number of nitrogens with zero attached hydrogens (tertiary/aromatic N) is 1. The summed E-state index contributed by atoms with van der Waals surface area (Å²) in [5.41, 5.74) is 2.47. The summed E-state index contributed by atoms with van der Waals surface area (Å²) >= 11 is 12.1. The Bertz CT molecular complexity index is 2210. The molecule has 1 saturated heterocycles. The molecule has 0 saturated carbocycles. The first-order chi connectivity index (χ1) is 22.6. The van der Waals surface area contributed by atoms with Gasteiger partial charge in [0.15, 0.2) is 0 Å². The van der Waals surface area contributed by atoms with E-state index in [1.807, 2.05) is 4.72 Å². The molecule has 1 fully saturated rings. The average molecular weight is 740 g/mol. The molecular weight excluding hydrogens is 716 g/mol. The van der Waals surface area contributed by atoms with Gasteiger partial charge in [0.1, 0.15) is 21.7 Å². The van der Waals surface area contributed by atoms with Gasteiger partial charge in [-0.05, 0) is 71.1 Å². The minimum atomic E-state index is -5.23. The first kappa shape index (κ1) is 33.7. The van der Waals surface area contributed by atoms with Crippen LogP contribution in [0.15, 0.2) is 89.8 Å². The molecule has 1 amide bonds. The Morgan fingerprint density at radius 2 is 1.65 bits per heavy atom. The van der Waals surface area contributed by atoms with Gasteiger partial charge in [0.25, 0.3) is 0 Å². The highest BCUT2D eigenvalue weighted by Crippen LogP contribution is 2.37. The van der Waals surface area contributed by atoms with Crippen molar-refractivity contribution in [2.45, 2.75) is 35.4 Å². The van der Waals surface area contributed by atoms with E-state index in [0.717, 1.165) is 12.1 Å². The van der Waals surface area contributed by atoms with Crippen LogP contribution < -0.4 is 14.2 Å². The van der Waals surface area contributed by atoms with E-state index in [0.29, 0.717) is 27.7 Å². The molecular formula is C31H23Cl2F3N4O6S2. The fraction of sp³-hybridized carbons (Fsp3) is 0.161. The summed E-state index contributed by atoms with van der Waals surface area (Å²) in [5.74, 6) is -1.44. The lowest BCUT2D eigenvalue weighted by molar-refractivity contribution is -0.275. The van der Waals surface area contributed by atoms with E-state index in [4.69, 9.17) is 23.2 Å². The molecule has 1 aromatic heterocycles. The number of carbonyl (C=O) groups is 1. The summed E-state index contributed by atoms with van der Waals surface area (Å²) in [6, 6.07) is 19.5. The lowest BCUT2D eigenvalue weighted by atomic mass is 10.0. The van der Waals surface area contributed by atoms with Crippen LogP contribution in [0.4, 0.5) is 13.2 Å². The first-order valence-electron chi connectivity index (χ1n) is 14.0. The van der Waals surface area contributed by atoms with Crippen molar-refractivity contribution in [1.82, 2.24) is 19.4 Å². The number of halogens is 5. The maximum atomic E-state index is 13.9. The van der Waals surface area contributed by atoms with Crippen LogP contribution in [0, 0.1) is 0 Å². The fourth-order valence-corrected chi connectivity index (χ4v) is 8.63. The zero-order chi connectivity index (χ0) is 34.4. The van der Waals surface area contributed by atoms with Crippen molar-refractivity contribution >= 4 is 60.2 Å². The van der Waals surface area contributed by atoms with Gasteiger partial charge in [0, 0.05) is 10.0 Å². The monoisotopic (exact) mass is 738 g/mol. The van der Waals surface area contributed by atoms with E-state index < -0.39 is 54.3 Å². The van der Waals surface area contributed by atoms with E-state index in [1.54, 1.807) is 36.4 Å². The topological polar surface area (TPSA) is 147 Å². The number of para-hydroxylation sites is 2. The number of hydrogen-bond acceptors (Lipinski definition) is 7. The predicted molar refractivity (Wildman–Crippen MR) is 172 cm³/mol. The molecule has 48 heavy (non-hydrogen) atoms. The zero-order valence-electron chi connectivity index (χ0n) is 24.3. The number of ether oxygens (including phenoxy) is 1. The molecule has 0 spiro atoms. The molecule has 0 aliphatic carbocycles. The molecule has 3 N–H and O–H groups in total. The molecule has 2 unspecified atom stereocenters. The van der Waals surface area contributed by atoms with Gasteiger partial charge < -0.3 is 9.72 Å². The van der Waals surface area contributed by atoms with Crippen molar-refractivity contribution in [3.8, 4) is 16.9 Å². The van der Waals surface area contributed by atoms with Crippen molar-refractivity contribution < 1.29 is 39.5 Å². The Kier molecular flexibility index (Phi) is 8.93. The lowest BCUT2D eigenvalue weighted by Gasteiger charge is -2.20. The Morgan fingerprint density at radius 1 is 0.958 bits per heavy atom. The Balaban J connectivity index is 1.37. The third kappa shape index (κ3) is 7.45. The minimum absolute atomic E-state index is 0.0531. The number of aromatic nitrogens is 2. The van der Waals surface area contributed by atoms with Crippen LogP contribution in [0.2, 0.25) is 10.0 Å². The zero-order valence-corrected chi connectivity index (χ0v) is 27.4. The van der Waals surface area contributed by atoms with Gasteiger partial charge in [-0.2, -0.15) is 0 Å². The Labute approximate surface area is 282 Å². The van der Waals surface area contributed by atoms with Crippen LogP contribution in [0.5, 0.6) is 5.75 Å². The normalized spacial score (nSPS) is 16.9. The standard InChI is InChI=1S/C31H23Cl2F3N4O6S2/c32-21-12-20(13-22(33)15-21)19-9-10-27(26(14-19)46-31(34,35)36)47(42,43)39-25(30-37-23-3-1-2-4-24(23)38-30)11-17-5-7-18(8-6-17)28-16-29(41)40-48(28,44)45/h1-10,12-15,25,28,39H,11,16H2,(H,37,38)(H,40,41). The number of imidazole rings is 1. The molecule has 4 aromatic carbocycles. The number of nitrogens with one attached hydrogen (secondary N) is 3. The fourth-order valence-electron chi connectivity index (χ4n) is 5.37. The largest absolute Gasteiger partial charge is 0.573 e. The van der Waals surface area contributed by atoms with Crippen molar-refractivity contribution in [3.63, 3.8) is 0 Å². The number of fused-ring (bicyclic) bond motifs is 1. The molecule has 2 heterocycles. The first-order valence-corrected chi connectivity index (χ1v) is 17.8. The molecule has 0 bridgehead atoms. The predicted octanol–water partition coefficient (Wildman–Crippen LogP) is 6.59. The van der Waals surface area contributed by atoms with Crippen molar-refractivity contribution in [2.24, 2.45) is 0 Å². The smallest absolute Gasteiger partial charge is 0.404 e. The lowest BCUT2D eigenvalue weighted by Crippen LogP contribution is -2.31. The molecule has 1 aliphatic heterocycles. The maximum Gasteiger partial charge on any atom is 0.573 e. The highest BCUT2D eigenvalue weighted by molar-refractivity contribution is 7.90. The SMILES string of the molecule is O=C1CC(c2ccc(CC(NS(=O)(=O)c3ccc(-c4cc(Cl)cc(Cl)c4)cc3OC(F)(F)F)c3nc4ccccc4[nH]3)cc2)S(=O)(=O)N1. The minimum Gasteiger partial charge on any atom is -0.404 e. The third-order valence-electron chi connectivity index (χ3n) is 7.48. The number of hydrogen-bond donors (Lipinski definition) is 3. The second kappa shape index (κ2) is 12.7. The van der Waals surface area contributed by atoms with Crippen LogP contribution in [0.3, 0.4) is 0 Å². The molecule has 2 atom stereocenters. The van der Waals surface area contributed by atoms with Crippen molar-refractivity contribution in [1.29, 1.82) is 0 Å². The van der Waals surface area contributed by atoms with Gasteiger partial charge in [-0.3, -0.25) is 9.52 Å². The summed E-state index contributed by atoms with van der Waals surface area (Å²) in [6.45, 7) is 0. The number of benzene rings is 4. The summed E-state index contributed by atoms with van der Waals surface area (Å²) in [4.78, 5) is 18.5. The van der Waals surface area contributed by atoms with Gasteiger partial charge in [-0.15, -0.1) is 13.2 Å². The van der Waals surface area contributed by atoms with E-state index in [-0.39, 0.29) is 34.3 Å². The van der Waals surface area contributed by atoms with E-state index in [9.17, 15) is 34.8 Å². The molecule has 1 aliphatic rings. The third-order valence-corrected chi connectivity index (χ3v) is 11.1. The summed E-state index contributed by atoms with van der Waals surface area (Å²) < 4.78 is 102. The number of sulfonamides is 2. The van der Waals surface area contributed by atoms with Crippen LogP contribution >= 0.6 is 23.2 Å². The maximum absolute atomic E-state index is 13.9. The quantitative estimate of drug-likeness (QED) is 0.155. The number of aromatic amines is 1. The number of H-pyrrole nitrogens is 1. The van der Waals surface area contributed by atoms with Crippen LogP contribution in [0.1, 0.15) is 34.7 Å². The van der Waals surface area contributed by atoms with E-state index in [1.165, 1.54) is 36.4 Å².